The minimum atomic E-state index is -0.0275. The zero-order valence-electron chi connectivity index (χ0n) is 12.4. The van der Waals surface area contributed by atoms with Gasteiger partial charge in [0.05, 0.1) is 0 Å². The van der Waals surface area contributed by atoms with Crippen LogP contribution in [-0.4, -0.2) is 67.0 Å². The first kappa shape index (κ1) is 14.1. The SMILES string of the molecule is CN1CCN(CCNC(=O)c2cc3ccccc3[nH]2)CC1. The highest BCUT2D eigenvalue weighted by Gasteiger charge is 2.14. The highest BCUT2D eigenvalue weighted by atomic mass is 16.1. The lowest BCUT2D eigenvalue weighted by Gasteiger charge is -2.32. The molecule has 0 radical (unpaired) electrons. The van der Waals surface area contributed by atoms with Gasteiger partial charge in [0.15, 0.2) is 0 Å². The van der Waals surface area contributed by atoms with E-state index in [9.17, 15) is 4.79 Å². The Hall–Kier alpha value is -1.85. The van der Waals surface area contributed by atoms with E-state index in [0.717, 1.165) is 43.6 Å². The number of hydrogen-bond donors (Lipinski definition) is 2. The van der Waals surface area contributed by atoms with Crippen LogP contribution in [0.4, 0.5) is 0 Å². The molecule has 0 aliphatic carbocycles. The molecule has 5 heteroatoms. The summed E-state index contributed by atoms with van der Waals surface area (Å²) in [7, 11) is 2.15. The fourth-order valence-corrected chi connectivity index (χ4v) is 2.69. The summed E-state index contributed by atoms with van der Waals surface area (Å²) in [6.07, 6.45) is 0. The normalized spacial score (nSPS) is 17.2. The van der Waals surface area contributed by atoms with Gasteiger partial charge in [-0.05, 0) is 19.2 Å². The van der Waals surface area contributed by atoms with Crippen LogP contribution in [0, 0.1) is 0 Å². The van der Waals surface area contributed by atoms with E-state index in [1.807, 2.05) is 30.3 Å². The van der Waals surface area contributed by atoms with Crippen molar-refractivity contribution in [3.05, 3.63) is 36.0 Å². The lowest BCUT2D eigenvalue weighted by Crippen LogP contribution is -2.46. The Morgan fingerprint density at radius 1 is 1.24 bits per heavy atom. The van der Waals surface area contributed by atoms with E-state index >= 15 is 0 Å². The zero-order valence-corrected chi connectivity index (χ0v) is 12.4. The van der Waals surface area contributed by atoms with E-state index in [2.05, 4.69) is 27.1 Å². The predicted octanol–water partition coefficient (Wildman–Crippen LogP) is 1.15. The number of amides is 1. The van der Waals surface area contributed by atoms with Crippen LogP contribution in [0.15, 0.2) is 30.3 Å². The number of benzene rings is 1. The third-order valence-electron chi connectivity index (χ3n) is 4.08. The third-order valence-corrected chi connectivity index (χ3v) is 4.08. The Morgan fingerprint density at radius 2 is 2.00 bits per heavy atom. The number of para-hydroxylation sites is 1. The molecule has 2 heterocycles. The van der Waals surface area contributed by atoms with Gasteiger partial charge in [0.25, 0.3) is 5.91 Å². The van der Waals surface area contributed by atoms with Gasteiger partial charge in [-0.1, -0.05) is 18.2 Å². The highest BCUT2D eigenvalue weighted by Crippen LogP contribution is 2.14. The molecule has 1 aliphatic rings. The smallest absolute Gasteiger partial charge is 0.267 e. The predicted molar refractivity (Wildman–Crippen MR) is 84.6 cm³/mol. The molecule has 1 amide bonds. The summed E-state index contributed by atoms with van der Waals surface area (Å²) in [4.78, 5) is 20.0. The summed E-state index contributed by atoms with van der Waals surface area (Å²) in [5.41, 5.74) is 1.64. The number of carbonyl (C=O) groups is 1. The van der Waals surface area contributed by atoms with Crippen LogP contribution in [0.2, 0.25) is 0 Å². The van der Waals surface area contributed by atoms with Gasteiger partial charge in [-0.25, -0.2) is 0 Å². The summed E-state index contributed by atoms with van der Waals surface area (Å²) in [5, 5.41) is 4.06. The monoisotopic (exact) mass is 286 g/mol. The highest BCUT2D eigenvalue weighted by molar-refractivity contribution is 5.97. The maximum atomic E-state index is 12.1. The van der Waals surface area contributed by atoms with Crippen molar-refractivity contribution in [3.8, 4) is 0 Å². The fourth-order valence-electron chi connectivity index (χ4n) is 2.69. The number of aromatic amines is 1. The van der Waals surface area contributed by atoms with Crippen molar-refractivity contribution < 1.29 is 4.79 Å². The quantitative estimate of drug-likeness (QED) is 0.886. The summed E-state index contributed by atoms with van der Waals surface area (Å²) < 4.78 is 0. The van der Waals surface area contributed by atoms with Gasteiger partial charge in [0.2, 0.25) is 0 Å². The number of H-pyrrole nitrogens is 1. The molecule has 21 heavy (non-hydrogen) atoms. The van der Waals surface area contributed by atoms with Crippen molar-refractivity contribution in [2.75, 3.05) is 46.3 Å². The number of fused-ring (bicyclic) bond motifs is 1. The van der Waals surface area contributed by atoms with E-state index in [0.29, 0.717) is 12.2 Å². The first-order valence-electron chi connectivity index (χ1n) is 7.49. The first-order chi connectivity index (χ1) is 10.2. The summed E-state index contributed by atoms with van der Waals surface area (Å²) in [6.45, 7) is 5.99. The number of rotatable bonds is 4. The lowest BCUT2D eigenvalue weighted by atomic mass is 10.2. The maximum Gasteiger partial charge on any atom is 0.267 e. The molecule has 0 spiro atoms. The number of likely N-dealkylation sites (N-methyl/N-ethyl adjacent to an activating group) is 1. The van der Waals surface area contributed by atoms with Crippen molar-refractivity contribution >= 4 is 16.8 Å². The van der Waals surface area contributed by atoms with Gasteiger partial charge in [-0.2, -0.15) is 0 Å². The molecule has 112 valence electrons. The molecule has 1 aromatic heterocycles. The van der Waals surface area contributed by atoms with E-state index in [-0.39, 0.29) is 5.91 Å². The molecule has 5 nitrogen and oxygen atoms in total. The fraction of sp³-hybridized carbons (Fsp3) is 0.438. The van der Waals surface area contributed by atoms with E-state index < -0.39 is 0 Å². The second kappa shape index (κ2) is 6.28. The van der Waals surface area contributed by atoms with Gasteiger partial charge < -0.3 is 15.2 Å². The van der Waals surface area contributed by atoms with Crippen LogP contribution in [-0.2, 0) is 0 Å². The summed E-state index contributed by atoms with van der Waals surface area (Å²) in [5.74, 6) is -0.0275. The van der Waals surface area contributed by atoms with E-state index in [4.69, 9.17) is 0 Å². The van der Waals surface area contributed by atoms with E-state index in [1.54, 1.807) is 0 Å². The number of nitrogens with zero attached hydrogens (tertiary/aromatic N) is 2. The average Bonchev–Trinajstić information content (AvgIpc) is 2.93. The minimum absolute atomic E-state index is 0.0275. The first-order valence-corrected chi connectivity index (χ1v) is 7.49. The molecule has 3 rings (SSSR count). The molecule has 2 aromatic rings. The molecular formula is C16H22N4O. The van der Waals surface area contributed by atoms with Crippen LogP contribution >= 0.6 is 0 Å². The second-order valence-electron chi connectivity index (χ2n) is 5.67. The van der Waals surface area contributed by atoms with Crippen LogP contribution in [0.5, 0.6) is 0 Å². The Kier molecular flexibility index (Phi) is 4.22. The van der Waals surface area contributed by atoms with Crippen molar-refractivity contribution in [1.29, 1.82) is 0 Å². The Morgan fingerprint density at radius 3 is 2.76 bits per heavy atom. The standard InChI is InChI=1S/C16H22N4O/c1-19-8-10-20(11-9-19)7-6-17-16(21)15-12-13-4-2-3-5-14(13)18-15/h2-5,12,18H,6-11H2,1H3,(H,17,21). The number of aromatic nitrogens is 1. The van der Waals surface area contributed by atoms with Gasteiger partial charge in [0, 0.05) is 50.2 Å². The number of carbonyl (C=O) groups excluding carboxylic acids is 1. The molecule has 1 saturated heterocycles. The molecule has 1 fully saturated rings. The minimum Gasteiger partial charge on any atom is -0.351 e. The lowest BCUT2D eigenvalue weighted by molar-refractivity contribution is 0.0937. The molecule has 2 N–H and O–H groups in total. The molecular weight excluding hydrogens is 264 g/mol. The molecule has 1 aliphatic heterocycles. The Bertz CT molecular complexity index is 581. The van der Waals surface area contributed by atoms with E-state index in [1.165, 1.54) is 0 Å². The zero-order chi connectivity index (χ0) is 14.7. The van der Waals surface area contributed by atoms with Crippen LogP contribution in [0.1, 0.15) is 10.5 Å². The molecule has 0 saturated carbocycles. The third kappa shape index (κ3) is 3.43. The van der Waals surface area contributed by atoms with Gasteiger partial charge in [-0.3, -0.25) is 9.69 Å². The van der Waals surface area contributed by atoms with Crippen LogP contribution in [0.25, 0.3) is 10.9 Å². The molecule has 0 unspecified atom stereocenters. The maximum absolute atomic E-state index is 12.1. The Labute approximate surface area is 124 Å². The average molecular weight is 286 g/mol. The molecule has 1 aromatic carbocycles. The largest absolute Gasteiger partial charge is 0.351 e. The number of piperazine rings is 1. The van der Waals surface area contributed by atoms with Gasteiger partial charge in [0.1, 0.15) is 5.69 Å². The molecule has 0 atom stereocenters. The topological polar surface area (TPSA) is 51.4 Å². The summed E-state index contributed by atoms with van der Waals surface area (Å²) in [6, 6.07) is 9.84. The van der Waals surface area contributed by atoms with Crippen LogP contribution in [0.3, 0.4) is 0 Å². The summed E-state index contributed by atoms with van der Waals surface area (Å²) >= 11 is 0. The number of hydrogen-bond acceptors (Lipinski definition) is 3. The van der Waals surface area contributed by atoms with Crippen molar-refractivity contribution in [2.24, 2.45) is 0 Å². The Balaban J connectivity index is 1.50. The second-order valence-corrected chi connectivity index (χ2v) is 5.67. The van der Waals surface area contributed by atoms with Crippen molar-refractivity contribution in [1.82, 2.24) is 20.1 Å². The molecule has 0 bridgehead atoms. The van der Waals surface area contributed by atoms with Crippen LogP contribution < -0.4 is 5.32 Å². The van der Waals surface area contributed by atoms with Gasteiger partial charge >= 0.3 is 0 Å². The van der Waals surface area contributed by atoms with Gasteiger partial charge in [-0.15, -0.1) is 0 Å². The number of nitrogens with one attached hydrogen (secondary N) is 2. The van der Waals surface area contributed by atoms with Crippen molar-refractivity contribution in [3.63, 3.8) is 0 Å². The van der Waals surface area contributed by atoms with Crippen molar-refractivity contribution in [2.45, 2.75) is 0 Å².